The van der Waals surface area contributed by atoms with Crippen LogP contribution in [0, 0.1) is 0 Å². The van der Waals surface area contributed by atoms with Crippen molar-refractivity contribution in [3.63, 3.8) is 0 Å². The van der Waals surface area contributed by atoms with Crippen LogP contribution in [0.5, 0.6) is 0 Å². The van der Waals surface area contributed by atoms with Gasteiger partial charge in [0.05, 0.1) is 13.0 Å². The average molecular weight is 291 g/mol. The van der Waals surface area contributed by atoms with Gasteiger partial charge in [0.2, 0.25) is 5.91 Å². The lowest BCUT2D eigenvalue weighted by Crippen LogP contribution is -2.38. The summed E-state index contributed by atoms with van der Waals surface area (Å²) in [5, 5.41) is 8.89. The van der Waals surface area contributed by atoms with E-state index in [-0.39, 0.29) is 18.9 Å². The van der Waals surface area contributed by atoms with E-state index in [0.29, 0.717) is 13.2 Å². The van der Waals surface area contributed by atoms with Crippen molar-refractivity contribution in [2.45, 2.75) is 25.7 Å². The Kier molecular flexibility index (Phi) is 5.33. The number of aryl methyl sites for hydroxylation is 2. The number of methoxy groups -OCH3 is 1. The highest BCUT2D eigenvalue weighted by atomic mass is 16.5. The second-order valence-electron chi connectivity index (χ2n) is 5.34. The minimum Gasteiger partial charge on any atom is -0.480 e. The second-order valence-corrected chi connectivity index (χ2v) is 5.34. The lowest BCUT2D eigenvalue weighted by Gasteiger charge is -2.20. The molecule has 5 nitrogen and oxygen atoms in total. The van der Waals surface area contributed by atoms with Crippen LogP contribution >= 0.6 is 0 Å². The molecule has 0 fully saturated rings. The van der Waals surface area contributed by atoms with Crippen LogP contribution in [-0.4, -0.2) is 48.7 Å². The molecule has 1 aromatic carbocycles. The van der Waals surface area contributed by atoms with Crippen molar-refractivity contribution >= 4 is 11.9 Å². The molecule has 0 aromatic heterocycles. The number of amides is 1. The van der Waals surface area contributed by atoms with Gasteiger partial charge in [-0.05, 0) is 36.0 Å². The van der Waals surface area contributed by atoms with E-state index in [1.807, 2.05) is 6.07 Å². The molecule has 2 rings (SSSR count). The zero-order valence-corrected chi connectivity index (χ0v) is 12.3. The summed E-state index contributed by atoms with van der Waals surface area (Å²) in [6.07, 6.45) is 3.60. The first-order valence-electron chi connectivity index (χ1n) is 7.19. The van der Waals surface area contributed by atoms with Crippen molar-refractivity contribution in [3.05, 3.63) is 34.9 Å². The first-order chi connectivity index (χ1) is 10.1. The third-order valence-corrected chi connectivity index (χ3v) is 3.76. The number of aliphatic carboxylic acids is 1. The van der Waals surface area contributed by atoms with E-state index in [2.05, 4.69) is 12.1 Å². The van der Waals surface area contributed by atoms with Crippen LogP contribution in [0.25, 0.3) is 0 Å². The van der Waals surface area contributed by atoms with Crippen LogP contribution in [0.15, 0.2) is 18.2 Å². The third kappa shape index (κ3) is 4.29. The molecular weight excluding hydrogens is 270 g/mol. The number of carbonyl (C=O) groups excluding carboxylic acids is 1. The monoisotopic (exact) mass is 291 g/mol. The summed E-state index contributed by atoms with van der Waals surface area (Å²) in [6, 6.07) is 6.13. The highest BCUT2D eigenvalue weighted by molar-refractivity contribution is 5.83. The maximum absolute atomic E-state index is 12.3. The first kappa shape index (κ1) is 15.5. The summed E-state index contributed by atoms with van der Waals surface area (Å²) in [7, 11) is 1.53. The fraction of sp³-hybridized carbons (Fsp3) is 0.500. The SMILES string of the molecule is COCCN(CC(=O)O)C(=O)Cc1ccc2c(c1)CCC2. The molecule has 0 aliphatic heterocycles. The van der Waals surface area contributed by atoms with Crippen molar-refractivity contribution in [3.8, 4) is 0 Å². The molecule has 0 saturated carbocycles. The lowest BCUT2D eigenvalue weighted by atomic mass is 10.0. The van der Waals surface area contributed by atoms with Crippen LogP contribution in [0.2, 0.25) is 0 Å². The van der Waals surface area contributed by atoms with Gasteiger partial charge < -0.3 is 14.7 Å². The molecule has 0 radical (unpaired) electrons. The van der Waals surface area contributed by atoms with Crippen molar-refractivity contribution in [2.24, 2.45) is 0 Å². The number of carboxylic acids is 1. The summed E-state index contributed by atoms with van der Waals surface area (Å²) in [5.41, 5.74) is 3.64. The number of carbonyl (C=O) groups is 2. The number of fused-ring (bicyclic) bond motifs is 1. The maximum atomic E-state index is 12.3. The van der Waals surface area contributed by atoms with Gasteiger partial charge in [-0.3, -0.25) is 9.59 Å². The van der Waals surface area contributed by atoms with E-state index in [1.54, 1.807) is 0 Å². The third-order valence-electron chi connectivity index (χ3n) is 3.76. The minimum atomic E-state index is -1.01. The molecule has 0 saturated heterocycles. The zero-order chi connectivity index (χ0) is 15.2. The highest BCUT2D eigenvalue weighted by Crippen LogP contribution is 2.23. The number of rotatable bonds is 7. The fourth-order valence-corrected chi connectivity index (χ4v) is 2.68. The van der Waals surface area contributed by atoms with Gasteiger partial charge in [-0.2, -0.15) is 0 Å². The van der Waals surface area contributed by atoms with Gasteiger partial charge in [-0.25, -0.2) is 0 Å². The fourth-order valence-electron chi connectivity index (χ4n) is 2.68. The van der Waals surface area contributed by atoms with E-state index < -0.39 is 5.97 Å². The molecule has 0 bridgehead atoms. The number of hydrogen-bond acceptors (Lipinski definition) is 3. The molecular formula is C16H21NO4. The molecule has 0 unspecified atom stereocenters. The normalized spacial score (nSPS) is 13.0. The Hall–Kier alpha value is -1.88. The molecule has 1 aliphatic carbocycles. The van der Waals surface area contributed by atoms with Gasteiger partial charge >= 0.3 is 5.97 Å². The van der Waals surface area contributed by atoms with Gasteiger partial charge in [0, 0.05) is 13.7 Å². The zero-order valence-electron chi connectivity index (χ0n) is 12.3. The summed E-state index contributed by atoms with van der Waals surface area (Å²) in [4.78, 5) is 24.4. The Morgan fingerprint density at radius 3 is 2.76 bits per heavy atom. The van der Waals surface area contributed by atoms with E-state index in [0.717, 1.165) is 18.4 Å². The summed E-state index contributed by atoms with van der Waals surface area (Å²) >= 11 is 0. The van der Waals surface area contributed by atoms with Crippen molar-refractivity contribution < 1.29 is 19.4 Å². The predicted octanol–water partition coefficient (Wildman–Crippen LogP) is 1.28. The summed E-state index contributed by atoms with van der Waals surface area (Å²) in [6.45, 7) is 0.350. The Labute approximate surface area is 124 Å². The van der Waals surface area contributed by atoms with Crippen LogP contribution in [0.3, 0.4) is 0 Å². The Morgan fingerprint density at radius 2 is 2.05 bits per heavy atom. The molecule has 0 atom stereocenters. The Bertz CT molecular complexity index is 527. The number of benzene rings is 1. The molecule has 1 amide bonds. The van der Waals surface area contributed by atoms with Gasteiger partial charge in [0.15, 0.2) is 0 Å². The van der Waals surface area contributed by atoms with Crippen LogP contribution in [0.1, 0.15) is 23.1 Å². The van der Waals surface area contributed by atoms with E-state index >= 15 is 0 Å². The van der Waals surface area contributed by atoms with E-state index in [4.69, 9.17) is 9.84 Å². The second kappa shape index (κ2) is 7.22. The number of nitrogens with zero attached hydrogens (tertiary/aromatic N) is 1. The molecule has 0 spiro atoms. The quantitative estimate of drug-likeness (QED) is 0.821. The van der Waals surface area contributed by atoms with Gasteiger partial charge in [0.1, 0.15) is 6.54 Å². The molecule has 0 heterocycles. The van der Waals surface area contributed by atoms with Gasteiger partial charge in [0.25, 0.3) is 0 Å². The van der Waals surface area contributed by atoms with Gasteiger partial charge in [-0.15, -0.1) is 0 Å². The summed E-state index contributed by atoms with van der Waals surface area (Å²) in [5.74, 6) is -1.18. The molecule has 1 aromatic rings. The van der Waals surface area contributed by atoms with Crippen molar-refractivity contribution in [1.29, 1.82) is 0 Å². The molecule has 21 heavy (non-hydrogen) atoms. The number of ether oxygens (including phenoxy) is 1. The molecule has 1 aliphatic rings. The van der Waals surface area contributed by atoms with E-state index in [1.165, 1.54) is 29.6 Å². The average Bonchev–Trinajstić information content (AvgIpc) is 2.90. The standard InChI is InChI=1S/C16H21NO4/c1-21-8-7-17(11-16(19)20)15(18)10-12-5-6-13-3-2-4-14(13)9-12/h5-6,9H,2-4,7-8,10-11H2,1H3,(H,19,20). The highest BCUT2D eigenvalue weighted by Gasteiger charge is 2.18. The van der Waals surface area contributed by atoms with Crippen LogP contribution < -0.4 is 0 Å². The lowest BCUT2D eigenvalue weighted by molar-refractivity contribution is -0.144. The summed E-state index contributed by atoms with van der Waals surface area (Å²) < 4.78 is 4.93. The number of carboxylic acid groups (broad SMARTS) is 1. The van der Waals surface area contributed by atoms with Crippen LogP contribution in [-0.2, 0) is 33.6 Å². The Balaban J connectivity index is 2.01. The minimum absolute atomic E-state index is 0.174. The van der Waals surface area contributed by atoms with Crippen molar-refractivity contribution in [1.82, 2.24) is 4.90 Å². The molecule has 5 heteroatoms. The molecule has 1 N–H and O–H groups in total. The Morgan fingerprint density at radius 1 is 1.29 bits per heavy atom. The number of hydrogen-bond donors (Lipinski definition) is 1. The maximum Gasteiger partial charge on any atom is 0.323 e. The largest absolute Gasteiger partial charge is 0.480 e. The molecule has 114 valence electrons. The predicted molar refractivity (Wildman–Crippen MR) is 78.3 cm³/mol. The first-order valence-corrected chi connectivity index (χ1v) is 7.19. The topological polar surface area (TPSA) is 66.8 Å². The smallest absolute Gasteiger partial charge is 0.323 e. The van der Waals surface area contributed by atoms with Crippen molar-refractivity contribution in [2.75, 3.05) is 26.8 Å². The van der Waals surface area contributed by atoms with Crippen LogP contribution in [0.4, 0.5) is 0 Å². The van der Waals surface area contributed by atoms with E-state index in [9.17, 15) is 9.59 Å². The van der Waals surface area contributed by atoms with Gasteiger partial charge in [-0.1, -0.05) is 18.2 Å².